The van der Waals surface area contributed by atoms with Gasteiger partial charge >= 0.3 is 0 Å². The Labute approximate surface area is 160 Å². The second-order valence-electron chi connectivity index (χ2n) is 6.27. The van der Waals surface area contributed by atoms with Crippen LogP contribution in [0.5, 0.6) is 5.75 Å². The molecule has 0 aromatic heterocycles. The molecule has 2 aromatic carbocycles. The van der Waals surface area contributed by atoms with Crippen molar-refractivity contribution in [3.8, 4) is 16.9 Å². The molecule has 1 N–H and O–H groups in total. The highest BCUT2D eigenvalue weighted by molar-refractivity contribution is 5.67. The van der Waals surface area contributed by atoms with Crippen molar-refractivity contribution in [2.75, 3.05) is 19.8 Å². The van der Waals surface area contributed by atoms with Gasteiger partial charge in [-0.1, -0.05) is 35.4 Å². The van der Waals surface area contributed by atoms with Gasteiger partial charge in [0.1, 0.15) is 18.2 Å². The van der Waals surface area contributed by atoms with Crippen LogP contribution in [-0.4, -0.2) is 31.4 Å². The highest BCUT2D eigenvalue weighted by Crippen LogP contribution is 2.31. The van der Waals surface area contributed by atoms with Crippen LogP contribution in [0.3, 0.4) is 0 Å². The fourth-order valence-electron chi connectivity index (χ4n) is 2.29. The molecular formula is C22H27FO4. The van der Waals surface area contributed by atoms with E-state index in [1.54, 1.807) is 12.1 Å². The lowest BCUT2D eigenvalue weighted by Gasteiger charge is -2.14. The molecule has 0 aliphatic carbocycles. The maximum atomic E-state index is 14.9. The topological polar surface area (TPSA) is 55.8 Å². The zero-order valence-electron chi connectivity index (χ0n) is 16.1. The fraction of sp³-hybridized carbons (Fsp3) is 0.318. The van der Waals surface area contributed by atoms with Gasteiger partial charge in [0, 0.05) is 17.5 Å². The molecule has 0 saturated carbocycles. The minimum atomic E-state index is -0.404. The van der Waals surface area contributed by atoms with Gasteiger partial charge in [-0.15, -0.1) is 6.58 Å². The first-order valence-corrected chi connectivity index (χ1v) is 8.70. The quantitative estimate of drug-likeness (QED) is 0.421. The molecule has 2 aromatic rings. The summed E-state index contributed by atoms with van der Waals surface area (Å²) in [5.41, 5.74) is 3.82. The average molecular weight is 374 g/mol. The predicted octanol–water partition coefficient (Wildman–Crippen LogP) is 4.47. The lowest BCUT2D eigenvalue weighted by molar-refractivity contribution is -0.128. The van der Waals surface area contributed by atoms with E-state index in [0.717, 1.165) is 11.1 Å². The zero-order valence-corrected chi connectivity index (χ0v) is 16.1. The Morgan fingerprint density at radius 2 is 1.78 bits per heavy atom. The third kappa shape index (κ3) is 7.62. The van der Waals surface area contributed by atoms with E-state index in [4.69, 9.17) is 9.84 Å². The van der Waals surface area contributed by atoms with E-state index in [0.29, 0.717) is 23.3 Å². The molecule has 0 saturated heterocycles. The van der Waals surface area contributed by atoms with Gasteiger partial charge in [0.15, 0.2) is 0 Å². The number of benzene rings is 2. The number of carbonyl (C=O) groups is 1. The number of ether oxygens (including phenoxy) is 2. The summed E-state index contributed by atoms with van der Waals surface area (Å²) in [7, 11) is 0. The van der Waals surface area contributed by atoms with E-state index >= 15 is 0 Å². The second-order valence-corrected chi connectivity index (χ2v) is 6.27. The molecule has 0 aliphatic rings. The van der Waals surface area contributed by atoms with Gasteiger partial charge in [0.2, 0.25) is 0 Å². The molecule has 0 amide bonds. The zero-order chi connectivity index (χ0) is 20.2. The van der Waals surface area contributed by atoms with Crippen LogP contribution in [0.1, 0.15) is 25.0 Å². The Balaban J connectivity index is 0.000000828. The molecule has 0 unspecified atom stereocenters. The summed E-state index contributed by atoms with van der Waals surface area (Å²) in [5.74, 6) is -0.0549. The molecular weight excluding hydrogens is 347 g/mol. The molecule has 0 aliphatic heterocycles. The van der Waals surface area contributed by atoms with Gasteiger partial charge in [0.05, 0.1) is 13.2 Å². The van der Waals surface area contributed by atoms with Gasteiger partial charge in [-0.2, -0.15) is 0 Å². The third-order valence-corrected chi connectivity index (χ3v) is 3.45. The van der Waals surface area contributed by atoms with Crippen LogP contribution in [0.15, 0.2) is 48.6 Å². The summed E-state index contributed by atoms with van der Waals surface area (Å²) in [6, 6.07) is 10.9. The first kappa shape index (κ1) is 22.4. The summed E-state index contributed by atoms with van der Waals surface area (Å²) in [6.07, 6.45) is 0.199. The van der Waals surface area contributed by atoms with E-state index in [-0.39, 0.29) is 26.2 Å². The molecule has 0 fully saturated rings. The molecule has 0 bridgehead atoms. The molecule has 5 heteroatoms. The lowest BCUT2D eigenvalue weighted by atomic mass is 9.99. The van der Waals surface area contributed by atoms with Crippen molar-refractivity contribution in [2.24, 2.45) is 0 Å². The van der Waals surface area contributed by atoms with Gasteiger partial charge in [-0.25, -0.2) is 4.39 Å². The summed E-state index contributed by atoms with van der Waals surface area (Å²) >= 11 is 0. The number of halogens is 1. The Bertz CT molecular complexity index is 735. The molecule has 27 heavy (non-hydrogen) atoms. The van der Waals surface area contributed by atoms with Gasteiger partial charge in [-0.3, -0.25) is 4.79 Å². The molecule has 2 rings (SSSR count). The normalized spacial score (nSPS) is 9.81. The number of allylic oxidation sites excluding steroid dienone is 1. The van der Waals surface area contributed by atoms with E-state index in [9.17, 15) is 9.18 Å². The van der Waals surface area contributed by atoms with Crippen molar-refractivity contribution in [1.82, 2.24) is 0 Å². The first-order chi connectivity index (χ1) is 12.9. The second kappa shape index (κ2) is 11.9. The van der Waals surface area contributed by atoms with Crippen molar-refractivity contribution < 1.29 is 23.8 Å². The first-order valence-electron chi connectivity index (χ1n) is 8.70. The van der Waals surface area contributed by atoms with Crippen LogP contribution in [0, 0.1) is 12.7 Å². The minimum Gasteiger partial charge on any atom is -0.491 e. The van der Waals surface area contributed by atoms with Gasteiger partial charge in [0.25, 0.3) is 6.47 Å². The molecule has 4 nitrogen and oxygen atoms in total. The Kier molecular flexibility index (Phi) is 9.83. The van der Waals surface area contributed by atoms with Crippen LogP contribution in [0.2, 0.25) is 0 Å². The highest BCUT2D eigenvalue weighted by Gasteiger charge is 2.16. The SMILES string of the molecule is C=C(C)C.Cc1ccc(-c2ccc(OCCO)c(CCOC=O)c2F)cc1. The standard InChI is InChI=1S/C18H19FO4.C4H8/c1-13-2-4-14(5-3-13)15-6-7-17(23-11-9-20)16(18(15)19)8-10-22-12-21;1-4(2)3/h2-7,12,20H,8-11H2,1H3;1H2,2-3H3. The number of aliphatic hydroxyl groups excluding tert-OH is 1. The predicted molar refractivity (Wildman–Crippen MR) is 105 cm³/mol. The number of aryl methyl sites for hydroxylation is 1. The summed E-state index contributed by atoms with van der Waals surface area (Å²) < 4.78 is 24.9. The lowest BCUT2D eigenvalue weighted by Crippen LogP contribution is -2.08. The average Bonchev–Trinajstić information content (AvgIpc) is 2.62. The summed E-state index contributed by atoms with van der Waals surface area (Å²) in [6.45, 7) is 9.77. The third-order valence-electron chi connectivity index (χ3n) is 3.45. The molecule has 0 atom stereocenters. The van der Waals surface area contributed by atoms with E-state index in [2.05, 4.69) is 11.3 Å². The van der Waals surface area contributed by atoms with Gasteiger partial charge < -0.3 is 14.6 Å². The van der Waals surface area contributed by atoms with Crippen molar-refractivity contribution >= 4 is 6.47 Å². The van der Waals surface area contributed by atoms with E-state index in [1.165, 1.54) is 5.57 Å². The number of carbonyl (C=O) groups excluding carboxylic acids is 1. The van der Waals surface area contributed by atoms with E-state index < -0.39 is 5.82 Å². The van der Waals surface area contributed by atoms with Crippen LogP contribution in [-0.2, 0) is 16.0 Å². The fourth-order valence-corrected chi connectivity index (χ4v) is 2.29. The van der Waals surface area contributed by atoms with Crippen molar-refractivity contribution in [3.05, 3.63) is 65.5 Å². The largest absolute Gasteiger partial charge is 0.491 e. The Hall–Kier alpha value is -2.66. The van der Waals surface area contributed by atoms with Crippen molar-refractivity contribution in [2.45, 2.75) is 27.2 Å². The smallest absolute Gasteiger partial charge is 0.293 e. The summed E-state index contributed by atoms with van der Waals surface area (Å²) in [5, 5.41) is 8.87. The number of hydrogen-bond acceptors (Lipinski definition) is 4. The molecule has 146 valence electrons. The highest BCUT2D eigenvalue weighted by atomic mass is 19.1. The molecule has 0 heterocycles. The number of hydrogen-bond donors (Lipinski definition) is 1. The Morgan fingerprint density at radius 3 is 2.33 bits per heavy atom. The van der Waals surface area contributed by atoms with Crippen LogP contribution in [0.25, 0.3) is 11.1 Å². The van der Waals surface area contributed by atoms with Crippen LogP contribution >= 0.6 is 0 Å². The van der Waals surface area contributed by atoms with E-state index in [1.807, 2.05) is 45.0 Å². The van der Waals surface area contributed by atoms with Crippen LogP contribution in [0.4, 0.5) is 4.39 Å². The number of rotatable bonds is 8. The van der Waals surface area contributed by atoms with Gasteiger partial charge in [-0.05, 0) is 38.5 Å². The maximum Gasteiger partial charge on any atom is 0.293 e. The van der Waals surface area contributed by atoms with Crippen molar-refractivity contribution in [3.63, 3.8) is 0 Å². The van der Waals surface area contributed by atoms with Crippen LogP contribution < -0.4 is 4.74 Å². The molecule has 0 radical (unpaired) electrons. The molecule has 0 spiro atoms. The maximum absolute atomic E-state index is 14.9. The Morgan fingerprint density at radius 1 is 1.15 bits per heavy atom. The monoisotopic (exact) mass is 374 g/mol. The van der Waals surface area contributed by atoms with Crippen molar-refractivity contribution in [1.29, 1.82) is 0 Å². The number of aliphatic hydroxyl groups is 1. The minimum absolute atomic E-state index is 0.0628. The summed E-state index contributed by atoms with van der Waals surface area (Å²) in [4.78, 5) is 10.3.